The minimum absolute atomic E-state index is 0.127. The number of benzene rings is 2. The molecular formula is C22H21ClN2O2S. The Hall–Kier alpha value is -2.63. The molecular weight excluding hydrogens is 392 g/mol. The van der Waals surface area contributed by atoms with Crippen LogP contribution in [0.2, 0.25) is 5.02 Å². The number of primary amides is 1. The van der Waals surface area contributed by atoms with Crippen LogP contribution in [0.4, 0.5) is 5.00 Å². The van der Waals surface area contributed by atoms with Crippen molar-refractivity contribution in [2.45, 2.75) is 26.2 Å². The van der Waals surface area contributed by atoms with E-state index in [1.165, 1.54) is 11.3 Å². The highest BCUT2D eigenvalue weighted by atomic mass is 35.5. The van der Waals surface area contributed by atoms with Crippen molar-refractivity contribution in [1.82, 2.24) is 0 Å². The fourth-order valence-corrected chi connectivity index (χ4v) is 4.34. The Morgan fingerprint density at radius 2 is 1.75 bits per heavy atom. The van der Waals surface area contributed by atoms with Crippen LogP contribution < -0.4 is 11.1 Å². The summed E-state index contributed by atoms with van der Waals surface area (Å²) in [5.74, 6) is -0.669. The minimum atomic E-state index is -0.542. The second kappa shape index (κ2) is 9.04. The van der Waals surface area contributed by atoms with Gasteiger partial charge < -0.3 is 11.1 Å². The number of amides is 2. The van der Waals surface area contributed by atoms with Gasteiger partial charge in [0.15, 0.2) is 0 Å². The lowest BCUT2D eigenvalue weighted by Crippen LogP contribution is -2.17. The molecule has 0 radical (unpaired) electrons. The standard InChI is InChI=1S/C22H21ClN2O2S/c1-14-19(16-7-3-2-4-8-16)20(21(24)27)22(28-14)25-18(26)9-5-6-15-10-12-17(23)13-11-15/h2-4,7-8,10-13H,5-6,9H2,1H3,(H2,24,27)(H,25,26). The van der Waals surface area contributed by atoms with Crippen molar-refractivity contribution in [2.75, 3.05) is 5.32 Å². The van der Waals surface area contributed by atoms with Crippen LogP contribution in [0, 0.1) is 6.92 Å². The van der Waals surface area contributed by atoms with Crippen molar-refractivity contribution >= 4 is 39.8 Å². The number of nitrogens with two attached hydrogens (primary N) is 1. The molecule has 0 fully saturated rings. The molecule has 3 N–H and O–H groups in total. The number of carbonyl (C=O) groups is 2. The maximum absolute atomic E-state index is 12.4. The summed E-state index contributed by atoms with van der Waals surface area (Å²) in [6, 6.07) is 17.2. The van der Waals surface area contributed by atoms with Gasteiger partial charge in [0.1, 0.15) is 5.00 Å². The van der Waals surface area contributed by atoms with Crippen molar-refractivity contribution < 1.29 is 9.59 Å². The molecule has 0 saturated carbocycles. The first-order valence-corrected chi connectivity index (χ1v) is 10.2. The molecule has 0 saturated heterocycles. The lowest BCUT2D eigenvalue weighted by atomic mass is 10.0. The number of hydrogen-bond acceptors (Lipinski definition) is 3. The molecule has 2 amide bonds. The van der Waals surface area contributed by atoms with E-state index in [2.05, 4.69) is 5.32 Å². The van der Waals surface area contributed by atoms with Crippen LogP contribution in [0.1, 0.15) is 33.6 Å². The van der Waals surface area contributed by atoms with E-state index in [1.54, 1.807) is 0 Å². The third-order valence-corrected chi connectivity index (χ3v) is 5.70. The van der Waals surface area contributed by atoms with E-state index in [0.29, 0.717) is 28.4 Å². The molecule has 6 heteroatoms. The van der Waals surface area contributed by atoms with E-state index in [0.717, 1.165) is 28.0 Å². The predicted octanol–water partition coefficient (Wildman–Crippen LogP) is 5.44. The number of halogens is 1. The van der Waals surface area contributed by atoms with Crippen LogP contribution in [-0.4, -0.2) is 11.8 Å². The lowest BCUT2D eigenvalue weighted by Gasteiger charge is -2.07. The lowest BCUT2D eigenvalue weighted by molar-refractivity contribution is -0.116. The van der Waals surface area contributed by atoms with Crippen LogP contribution in [-0.2, 0) is 11.2 Å². The molecule has 2 aromatic carbocycles. The van der Waals surface area contributed by atoms with Gasteiger partial charge in [0.05, 0.1) is 5.56 Å². The monoisotopic (exact) mass is 412 g/mol. The molecule has 3 rings (SSSR count). The van der Waals surface area contributed by atoms with E-state index in [1.807, 2.05) is 61.5 Å². The quantitative estimate of drug-likeness (QED) is 0.542. The van der Waals surface area contributed by atoms with Gasteiger partial charge in [0, 0.05) is 21.9 Å². The summed E-state index contributed by atoms with van der Waals surface area (Å²) < 4.78 is 0. The second-order valence-corrected chi connectivity index (χ2v) is 8.16. The first kappa shape index (κ1) is 20.1. The Morgan fingerprint density at radius 1 is 1.07 bits per heavy atom. The van der Waals surface area contributed by atoms with Crippen LogP contribution in [0.25, 0.3) is 11.1 Å². The number of hydrogen-bond donors (Lipinski definition) is 2. The molecule has 3 aromatic rings. The normalized spacial score (nSPS) is 10.6. The predicted molar refractivity (Wildman–Crippen MR) is 116 cm³/mol. The zero-order chi connectivity index (χ0) is 20.1. The van der Waals surface area contributed by atoms with E-state index in [4.69, 9.17) is 17.3 Å². The minimum Gasteiger partial charge on any atom is -0.365 e. The fourth-order valence-electron chi connectivity index (χ4n) is 3.11. The maximum atomic E-state index is 12.4. The zero-order valence-electron chi connectivity index (χ0n) is 15.5. The van der Waals surface area contributed by atoms with Crippen LogP contribution in [0.3, 0.4) is 0 Å². The topological polar surface area (TPSA) is 72.2 Å². The Labute approximate surface area is 173 Å². The molecule has 0 unspecified atom stereocenters. The third-order valence-electron chi connectivity index (χ3n) is 4.43. The van der Waals surface area contributed by atoms with Crippen LogP contribution >= 0.6 is 22.9 Å². The van der Waals surface area contributed by atoms with Gasteiger partial charge in [0.25, 0.3) is 5.91 Å². The largest absolute Gasteiger partial charge is 0.365 e. The SMILES string of the molecule is Cc1sc(NC(=O)CCCc2ccc(Cl)cc2)c(C(N)=O)c1-c1ccccc1. The maximum Gasteiger partial charge on any atom is 0.252 e. The number of carbonyl (C=O) groups excluding carboxylic acids is 2. The summed E-state index contributed by atoms with van der Waals surface area (Å²) >= 11 is 7.26. The molecule has 0 bridgehead atoms. The Kier molecular flexibility index (Phi) is 6.49. The number of anilines is 1. The average molecular weight is 413 g/mol. The molecule has 1 aromatic heterocycles. The van der Waals surface area contributed by atoms with Gasteiger partial charge >= 0.3 is 0 Å². The number of aryl methyl sites for hydroxylation is 2. The Balaban J connectivity index is 1.70. The zero-order valence-corrected chi connectivity index (χ0v) is 17.1. The molecule has 144 valence electrons. The van der Waals surface area contributed by atoms with Crippen molar-refractivity contribution in [2.24, 2.45) is 5.73 Å². The first-order chi connectivity index (χ1) is 13.5. The highest BCUT2D eigenvalue weighted by Crippen LogP contribution is 2.39. The molecule has 0 spiro atoms. The van der Waals surface area contributed by atoms with Gasteiger partial charge in [-0.15, -0.1) is 11.3 Å². The van der Waals surface area contributed by atoms with Crippen LogP contribution in [0.15, 0.2) is 54.6 Å². The molecule has 0 aliphatic carbocycles. The van der Waals surface area contributed by atoms with Crippen LogP contribution in [0.5, 0.6) is 0 Å². The number of nitrogens with one attached hydrogen (secondary N) is 1. The van der Waals surface area contributed by atoms with Crippen molar-refractivity contribution in [1.29, 1.82) is 0 Å². The first-order valence-electron chi connectivity index (χ1n) is 8.98. The Morgan fingerprint density at radius 3 is 2.39 bits per heavy atom. The van der Waals surface area contributed by atoms with Gasteiger partial charge in [-0.25, -0.2) is 0 Å². The van der Waals surface area contributed by atoms with Crippen molar-refractivity contribution in [3.63, 3.8) is 0 Å². The van der Waals surface area contributed by atoms with E-state index in [9.17, 15) is 9.59 Å². The molecule has 1 heterocycles. The summed E-state index contributed by atoms with van der Waals surface area (Å²) in [5, 5.41) is 4.09. The average Bonchev–Trinajstić information content (AvgIpc) is 3.00. The summed E-state index contributed by atoms with van der Waals surface area (Å²) in [7, 11) is 0. The molecule has 28 heavy (non-hydrogen) atoms. The molecule has 4 nitrogen and oxygen atoms in total. The fraction of sp³-hybridized carbons (Fsp3) is 0.182. The van der Waals surface area contributed by atoms with E-state index in [-0.39, 0.29) is 5.91 Å². The Bertz CT molecular complexity index is 982. The highest BCUT2D eigenvalue weighted by Gasteiger charge is 2.22. The van der Waals surface area contributed by atoms with E-state index < -0.39 is 5.91 Å². The van der Waals surface area contributed by atoms with Gasteiger partial charge in [-0.3, -0.25) is 9.59 Å². The second-order valence-electron chi connectivity index (χ2n) is 6.50. The summed E-state index contributed by atoms with van der Waals surface area (Å²) in [6.45, 7) is 1.93. The molecule has 0 aliphatic rings. The number of thiophene rings is 1. The smallest absolute Gasteiger partial charge is 0.252 e. The van der Waals surface area contributed by atoms with Gasteiger partial charge in [-0.1, -0.05) is 54.1 Å². The molecule has 0 aliphatic heterocycles. The highest BCUT2D eigenvalue weighted by molar-refractivity contribution is 7.17. The summed E-state index contributed by atoms with van der Waals surface area (Å²) in [4.78, 5) is 25.5. The summed E-state index contributed by atoms with van der Waals surface area (Å²) in [5.41, 5.74) is 8.84. The summed E-state index contributed by atoms with van der Waals surface area (Å²) in [6.07, 6.45) is 1.85. The van der Waals surface area contributed by atoms with Gasteiger partial charge in [-0.2, -0.15) is 0 Å². The molecule has 0 atom stereocenters. The van der Waals surface area contributed by atoms with Gasteiger partial charge in [-0.05, 0) is 43.0 Å². The van der Waals surface area contributed by atoms with Gasteiger partial charge in [0.2, 0.25) is 5.91 Å². The van der Waals surface area contributed by atoms with Crippen molar-refractivity contribution in [3.05, 3.63) is 75.6 Å². The van der Waals surface area contributed by atoms with E-state index >= 15 is 0 Å². The number of rotatable bonds is 7. The third kappa shape index (κ3) is 4.80. The van der Waals surface area contributed by atoms with Crippen molar-refractivity contribution in [3.8, 4) is 11.1 Å².